The molecular formula is C11H17ClN6. The summed E-state index contributed by atoms with van der Waals surface area (Å²) in [6.45, 7) is 5.20. The number of anilines is 2. The van der Waals surface area contributed by atoms with Crippen LogP contribution in [0.2, 0.25) is 5.28 Å². The molecule has 0 bridgehead atoms. The molecule has 1 aliphatic carbocycles. The van der Waals surface area contributed by atoms with Crippen LogP contribution in [0.1, 0.15) is 12.8 Å². The second kappa shape index (κ2) is 4.85. The van der Waals surface area contributed by atoms with Crippen LogP contribution in [0.3, 0.4) is 0 Å². The van der Waals surface area contributed by atoms with E-state index in [2.05, 4.69) is 24.8 Å². The summed E-state index contributed by atoms with van der Waals surface area (Å²) < 4.78 is 0. The van der Waals surface area contributed by atoms with Crippen molar-refractivity contribution in [3.05, 3.63) is 5.28 Å². The second-order valence-corrected chi connectivity index (χ2v) is 5.33. The molecule has 18 heavy (non-hydrogen) atoms. The van der Waals surface area contributed by atoms with Gasteiger partial charge in [-0.05, 0) is 30.4 Å². The van der Waals surface area contributed by atoms with Crippen LogP contribution in [0.25, 0.3) is 0 Å². The van der Waals surface area contributed by atoms with Crippen LogP contribution in [0.4, 0.5) is 11.9 Å². The normalized spacial score (nSPS) is 21.3. The Morgan fingerprint density at radius 1 is 1.11 bits per heavy atom. The maximum Gasteiger partial charge on any atom is 0.231 e. The minimum atomic E-state index is 0.165. The van der Waals surface area contributed by atoms with Gasteiger partial charge in [-0.1, -0.05) is 0 Å². The number of hydrogen-bond acceptors (Lipinski definition) is 6. The zero-order valence-corrected chi connectivity index (χ0v) is 11.0. The summed E-state index contributed by atoms with van der Waals surface area (Å²) in [6, 6.07) is 0. The Morgan fingerprint density at radius 2 is 1.83 bits per heavy atom. The standard InChI is InChI=1S/C11H17ClN6/c12-9-14-10(13)16-11(15-9)18-5-3-17(4-6-18)7-8-1-2-8/h8H,1-7H2,(H2,13,14,15,16). The van der Waals surface area contributed by atoms with E-state index in [0.29, 0.717) is 5.95 Å². The van der Waals surface area contributed by atoms with Gasteiger partial charge in [0.15, 0.2) is 0 Å². The van der Waals surface area contributed by atoms with Gasteiger partial charge in [-0.2, -0.15) is 15.0 Å². The second-order valence-electron chi connectivity index (χ2n) is 4.99. The fourth-order valence-electron chi connectivity index (χ4n) is 2.29. The summed E-state index contributed by atoms with van der Waals surface area (Å²) in [6.07, 6.45) is 2.81. The average molecular weight is 269 g/mol. The molecule has 0 spiro atoms. The van der Waals surface area contributed by atoms with Crippen LogP contribution in [-0.2, 0) is 0 Å². The number of nitrogen functional groups attached to an aromatic ring is 1. The van der Waals surface area contributed by atoms with E-state index in [-0.39, 0.29) is 11.2 Å². The maximum absolute atomic E-state index is 5.80. The van der Waals surface area contributed by atoms with E-state index in [1.54, 1.807) is 0 Å². The highest BCUT2D eigenvalue weighted by Gasteiger charge is 2.27. The van der Waals surface area contributed by atoms with Gasteiger partial charge in [0.1, 0.15) is 0 Å². The molecule has 0 atom stereocenters. The van der Waals surface area contributed by atoms with Gasteiger partial charge in [0.25, 0.3) is 0 Å². The fourth-order valence-corrected chi connectivity index (χ4v) is 2.45. The van der Waals surface area contributed by atoms with Crippen LogP contribution < -0.4 is 10.6 Å². The molecule has 1 aromatic rings. The predicted molar refractivity (Wildman–Crippen MR) is 70.6 cm³/mol. The Bertz CT molecular complexity index is 407. The number of piperazine rings is 1. The number of rotatable bonds is 3. The van der Waals surface area contributed by atoms with Gasteiger partial charge in [0.05, 0.1) is 0 Å². The van der Waals surface area contributed by atoms with E-state index < -0.39 is 0 Å². The first-order valence-corrected chi connectivity index (χ1v) is 6.73. The molecule has 0 radical (unpaired) electrons. The molecule has 7 heteroatoms. The SMILES string of the molecule is Nc1nc(Cl)nc(N2CCN(CC3CC3)CC2)n1. The van der Waals surface area contributed by atoms with Crippen molar-refractivity contribution in [2.24, 2.45) is 5.92 Å². The van der Waals surface area contributed by atoms with Crippen LogP contribution in [-0.4, -0.2) is 52.6 Å². The first-order chi connectivity index (χ1) is 8.70. The Hall–Kier alpha value is -1.14. The molecule has 1 saturated heterocycles. The Morgan fingerprint density at radius 3 is 2.44 bits per heavy atom. The van der Waals surface area contributed by atoms with Gasteiger partial charge < -0.3 is 10.6 Å². The lowest BCUT2D eigenvalue weighted by Crippen LogP contribution is -2.47. The van der Waals surface area contributed by atoms with Gasteiger partial charge in [-0.15, -0.1) is 0 Å². The first kappa shape index (κ1) is 11.9. The average Bonchev–Trinajstić information content (AvgIpc) is 3.12. The van der Waals surface area contributed by atoms with Crippen molar-refractivity contribution < 1.29 is 0 Å². The largest absolute Gasteiger partial charge is 0.368 e. The zero-order chi connectivity index (χ0) is 12.5. The number of hydrogen-bond donors (Lipinski definition) is 1. The van der Waals surface area contributed by atoms with Gasteiger partial charge in [0, 0.05) is 32.7 Å². The van der Waals surface area contributed by atoms with Crippen molar-refractivity contribution in [1.82, 2.24) is 19.9 Å². The van der Waals surface area contributed by atoms with Crippen molar-refractivity contribution >= 4 is 23.5 Å². The van der Waals surface area contributed by atoms with Gasteiger partial charge >= 0.3 is 0 Å². The number of nitrogens with zero attached hydrogens (tertiary/aromatic N) is 5. The van der Waals surface area contributed by atoms with Crippen molar-refractivity contribution in [1.29, 1.82) is 0 Å². The third kappa shape index (κ3) is 2.81. The van der Waals surface area contributed by atoms with Crippen LogP contribution in [0.5, 0.6) is 0 Å². The highest BCUT2D eigenvalue weighted by molar-refractivity contribution is 6.28. The van der Waals surface area contributed by atoms with Crippen molar-refractivity contribution in [2.75, 3.05) is 43.4 Å². The van der Waals surface area contributed by atoms with Crippen molar-refractivity contribution in [2.45, 2.75) is 12.8 Å². The van der Waals surface area contributed by atoms with Crippen molar-refractivity contribution in [3.8, 4) is 0 Å². The number of aromatic nitrogens is 3. The summed E-state index contributed by atoms with van der Waals surface area (Å²) in [5, 5.41) is 0.165. The molecule has 0 unspecified atom stereocenters. The van der Waals surface area contributed by atoms with Crippen LogP contribution >= 0.6 is 11.6 Å². The lowest BCUT2D eigenvalue weighted by Gasteiger charge is -2.34. The van der Waals surface area contributed by atoms with E-state index in [1.807, 2.05) is 0 Å². The van der Waals surface area contributed by atoms with Crippen LogP contribution in [0, 0.1) is 5.92 Å². The molecular weight excluding hydrogens is 252 g/mol. The molecule has 3 rings (SSSR count). The predicted octanol–water partition coefficient (Wildman–Crippen LogP) is 0.639. The maximum atomic E-state index is 5.80. The lowest BCUT2D eigenvalue weighted by molar-refractivity contribution is 0.247. The Kier molecular flexibility index (Phi) is 3.22. The first-order valence-electron chi connectivity index (χ1n) is 6.35. The van der Waals surface area contributed by atoms with E-state index in [4.69, 9.17) is 17.3 Å². The Labute approximate surface area is 111 Å². The van der Waals surface area contributed by atoms with E-state index in [1.165, 1.54) is 19.4 Å². The zero-order valence-electron chi connectivity index (χ0n) is 10.2. The summed E-state index contributed by atoms with van der Waals surface area (Å²) in [7, 11) is 0. The molecule has 1 aromatic heterocycles. The molecule has 0 aromatic carbocycles. The molecule has 1 saturated carbocycles. The van der Waals surface area contributed by atoms with Crippen LogP contribution in [0.15, 0.2) is 0 Å². The number of halogens is 1. The summed E-state index contributed by atoms with van der Waals surface area (Å²) >= 11 is 5.80. The lowest BCUT2D eigenvalue weighted by atomic mass is 10.3. The fraction of sp³-hybridized carbons (Fsp3) is 0.727. The molecule has 98 valence electrons. The molecule has 2 heterocycles. The minimum Gasteiger partial charge on any atom is -0.368 e. The number of nitrogens with two attached hydrogens (primary N) is 1. The van der Waals surface area contributed by atoms with Gasteiger partial charge in [0.2, 0.25) is 17.2 Å². The summed E-state index contributed by atoms with van der Waals surface area (Å²) in [5.74, 6) is 1.72. The monoisotopic (exact) mass is 268 g/mol. The summed E-state index contributed by atoms with van der Waals surface area (Å²) in [5.41, 5.74) is 5.58. The van der Waals surface area contributed by atoms with E-state index in [0.717, 1.165) is 32.1 Å². The quantitative estimate of drug-likeness (QED) is 0.867. The molecule has 2 aliphatic rings. The van der Waals surface area contributed by atoms with E-state index in [9.17, 15) is 0 Å². The Balaban J connectivity index is 1.60. The van der Waals surface area contributed by atoms with Crippen molar-refractivity contribution in [3.63, 3.8) is 0 Å². The third-order valence-corrected chi connectivity index (χ3v) is 3.65. The molecule has 0 amide bonds. The third-order valence-electron chi connectivity index (χ3n) is 3.48. The summed E-state index contributed by atoms with van der Waals surface area (Å²) in [4.78, 5) is 16.7. The minimum absolute atomic E-state index is 0.165. The molecule has 6 nitrogen and oxygen atoms in total. The van der Waals surface area contributed by atoms with Gasteiger partial charge in [-0.25, -0.2) is 0 Å². The van der Waals surface area contributed by atoms with Gasteiger partial charge in [-0.3, -0.25) is 4.90 Å². The smallest absolute Gasteiger partial charge is 0.231 e. The highest BCUT2D eigenvalue weighted by Crippen LogP contribution is 2.30. The van der Waals surface area contributed by atoms with E-state index >= 15 is 0 Å². The molecule has 2 fully saturated rings. The topological polar surface area (TPSA) is 71.2 Å². The molecule has 2 N–H and O–H groups in total. The highest BCUT2D eigenvalue weighted by atomic mass is 35.5. The molecule has 1 aliphatic heterocycles.